The van der Waals surface area contributed by atoms with Crippen molar-refractivity contribution in [2.45, 2.75) is 25.3 Å². The number of nitrogens with zero attached hydrogens (tertiary/aromatic N) is 2. The van der Waals surface area contributed by atoms with Crippen molar-refractivity contribution in [3.05, 3.63) is 28.8 Å². The molecule has 0 spiro atoms. The third-order valence-corrected chi connectivity index (χ3v) is 3.26. The molecule has 0 atom stereocenters. The van der Waals surface area contributed by atoms with Crippen LogP contribution in [0.5, 0.6) is 0 Å². The second kappa shape index (κ2) is 5.28. The average molecular weight is 265 g/mol. The van der Waals surface area contributed by atoms with Crippen molar-refractivity contribution in [2.75, 3.05) is 11.4 Å². The number of anilines is 1. The summed E-state index contributed by atoms with van der Waals surface area (Å²) in [6.45, 7) is 0.519. The number of aromatic carboxylic acids is 1. The van der Waals surface area contributed by atoms with E-state index in [1.54, 1.807) is 18.2 Å². The van der Waals surface area contributed by atoms with Gasteiger partial charge in [-0.3, -0.25) is 0 Å². The molecule has 1 aliphatic carbocycles. The van der Waals surface area contributed by atoms with E-state index in [-0.39, 0.29) is 5.56 Å². The minimum atomic E-state index is -0.991. The standard InChI is InChI=1S/C13H13ClN2O2/c14-11-4-1-3-10(13(17)18)12(11)16(8-2-7-15)9-5-6-9/h1,3-4,9H,2,5-6,8H2,(H,17,18). The Bertz CT molecular complexity index is 506. The van der Waals surface area contributed by atoms with Crippen molar-refractivity contribution in [1.82, 2.24) is 0 Å². The van der Waals surface area contributed by atoms with E-state index in [9.17, 15) is 9.90 Å². The molecule has 1 aromatic carbocycles. The van der Waals surface area contributed by atoms with Gasteiger partial charge in [0.25, 0.3) is 0 Å². The van der Waals surface area contributed by atoms with Crippen LogP contribution < -0.4 is 4.90 Å². The summed E-state index contributed by atoms with van der Waals surface area (Å²) >= 11 is 6.13. The van der Waals surface area contributed by atoms with Crippen LogP contribution in [0.15, 0.2) is 18.2 Å². The molecule has 0 bridgehead atoms. The first-order valence-electron chi connectivity index (χ1n) is 5.80. The van der Waals surface area contributed by atoms with Crippen molar-refractivity contribution in [1.29, 1.82) is 5.26 Å². The van der Waals surface area contributed by atoms with E-state index >= 15 is 0 Å². The molecule has 0 aliphatic heterocycles. The van der Waals surface area contributed by atoms with Crippen LogP contribution in [0.2, 0.25) is 5.02 Å². The molecule has 1 aromatic rings. The van der Waals surface area contributed by atoms with Crippen molar-refractivity contribution in [2.24, 2.45) is 0 Å². The van der Waals surface area contributed by atoms with Crippen molar-refractivity contribution in [3.63, 3.8) is 0 Å². The number of carboxylic acids is 1. The van der Waals surface area contributed by atoms with E-state index in [0.717, 1.165) is 12.8 Å². The summed E-state index contributed by atoms with van der Waals surface area (Å²) in [4.78, 5) is 13.2. The molecule has 5 heteroatoms. The molecule has 1 aliphatic rings. The van der Waals surface area contributed by atoms with Crippen LogP contribution in [0.1, 0.15) is 29.6 Å². The predicted molar refractivity (Wildman–Crippen MR) is 69.0 cm³/mol. The molecule has 0 radical (unpaired) electrons. The summed E-state index contributed by atoms with van der Waals surface area (Å²) < 4.78 is 0. The highest BCUT2D eigenvalue weighted by Gasteiger charge is 2.32. The van der Waals surface area contributed by atoms with E-state index in [4.69, 9.17) is 16.9 Å². The van der Waals surface area contributed by atoms with Gasteiger partial charge in [0.15, 0.2) is 0 Å². The number of hydrogen-bond acceptors (Lipinski definition) is 3. The maximum atomic E-state index is 11.2. The third kappa shape index (κ3) is 2.57. The van der Waals surface area contributed by atoms with Crippen LogP contribution in [0.3, 0.4) is 0 Å². The number of rotatable bonds is 5. The lowest BCUT2D eigenvalue weighted by atomic mass is 10.1. The zero-order valence-electron chi connectivity index (χ0n) is 9.77. The molecule has 1 N–H and O–H groups in total. The molecular formula is C13H13ClN2O2. The minimum Gasteiger partial charge on any atom is -0.478 e. The smallest absolute Gasteiger partial charge is 0.337 e. The van der Waals surface area contributed by atoms with Crippen molar-refractivity contribution < 1.29 is 9.90 Å². The molecule has 18 heavy (non-hydrogen) atoms. The SMILES string of the molecule is N#CCCN(c1c(Cl)cccc1C(=O)O)C1CC1. The van der Waals surface area contributed by atoms with E-state index in [1.807, 2.05) is 4.90 Å². The fraction of sp³-hybridized carbons (Fsp3) is 0.385. The second-order valence-electron chi connectivity index (χ2n) is 4.27. The largest absolute Gasteiger partial charge is 0.478 e. The number of carbonyl (C=O) groups is 1. The summed E-state index contributed by atoms with van der Waals surface area (Å²) in [5.74, 6) is -0.991. The number of benzene rings is 1. The summed E-state index contributed by atoms with van der Waals surface area (Å²) in [7, 11) is 0. The topological polar surface area (TPSA) is 64.3 Å². The first-order valence-corrected chi connectivity index (χ1v) is 6.18. The number of nitriles is 1. The minimum absolute atomic E-state index is 0.201. The van der Waals surface area contributed by atoms with Gasteiger partial charge in [-0.1, -0.05) is 17.7 Å². The Balaban J connectivity index is 2.39. The highest BCUT2D eigenvalue weighted by atomic mass is 35.5. The van der Waals surface area contributed by atoms with Gasteiger partial charge in [-0.05, 0) is 25.0 Å². The van der Waals surface area contributed by atoms with Gasteiger partial charge < -0.3 is 10.0 Å². The maximum absolute atomic E-state index is 11.2. The molecule has 1 saturated carbocycles. The van der Waals surface area contributed by atoms with Crippen LogP contribution in [-0.2, 0) is 0 Å². The first kappa shape index (κ1) is 12.7. The van der Waals surface area contributed by atoms with Crippen LogP contribution in [-0.4, -0.2) is 23.7 Å². The normalized spacial score (nSPS) is 14.0. The summed E-state index contributed by atoms with van der Waals surface area (Å²) in [6.07, 6.45) is 2.41. The van der Waals surface area contributed by atoms with E-state index in [2.05, 4.69) is 6.07 Å². The highest BCUT2D eigenvalue weighted by Crippen LogP contribution is 2.38. The van der Waals surface area contributed by atoms with Gasteiger partial charge in [-0.15, -0.1) is 0 Å². The van der Waals surface area contributed by atoms with Gasteiger partial charge >= 0.3 is 5.97 Å². The van der Waals surface area contributed by atoms with Crippen molar-refractivity contribution >= 4 is 23.3 Å². The van der Waals surface area contributed by atoms with Gasteiger partial charge in [-0.25, -0.2) is 4.79 Å². The molecule has 0 amide bonds. The number of hydrogen-bond donors (Lipinski definition) is 1. The monoisotopic (exact) mass is 264 g/mol. The lowest BCUT2D eigenvalue weighted by Gasteiger charge is -2.26. The maximum Gasteiger partial charge on any atom is 0.337 e. The Morgan fingerprint density at radius 1 is 1.56 bits per heavy atom. The lowest BCUT2D eigenvalue weighted by molar-refractivity contribution is 0.0697. The van der Waals surface area contributed by atoms with Gasteiger partial charge in [0.1, 0.15) is 0 Å². The van der Waals surface area contributed by atoms with Crippen LogP contribution in [0.4, 0.5) is 5.69 Å². The molecule has 1 fully saturated rings. The molecule has 2 rings (SSSR count). The zero-order valence-corrected chi connectivity index (χ0v) is 10.5. The summed E-state index contributed by atoms with van der Waals surface area (Å²) in [6, 6.07) is 7.26. The van der Waals surface area contributed by atoms with Gasteiger partial charge in [0, 0.05) is 12.6 Å². The van der Waals surface area contributed by atoms with E-state index in [1.165, 1.54) is 0 Å². The predicted octanol–water partition coefficient (Wildman–Crippen LogP) is 2.92. The quantitative estimate of drug-likeness (QED) is 0.888. The van der Waals surface area contributed by atoms with Crippen LogP contribution in [0.25, 0.3) is 0 Å². The molecule has 0 unspecified atom stereocenters. The molecule has 94 valence electrons. The number of carboxylic acid groups (broad SMARTS) is 1. The highest BCUT2D eigenvalue weighted by molar-refractivity contribution is 6.34. The second-order valence-corrected chi connectivity index (χ2v) is 4.68. The van der Waals surface area contributed by atoms with E-state index < -0.39 is 5.97 Å². The summed E-state index contributed by atoms with van der Waals surface area (Å²) in [5, 5.41) is 18.3. The number of para-hydroxylation sites is 1. The first-order chi connectivity index (χ1) is 8.65. The van der Waals surface area contributed by atoms with E-state index in [0.29, 0.717) is 29.7 Å². The fourth-order valence-corrected chi connectivity index (χ4v) is 2.30. The summed E-state index contributed by atoms with van der Waals surface area (Å²) in [5.41, 5.74) is 0.747. The Kier molecular flexibility index (Phi) is 3.73. The Morgan fingerprint density at radius 2 is 2.28 bits per heavy atom. The van der Waals surface area contributed by atoms with Gasteiger partial charge in [0.05, 0.1) is 28.8 Å². The van der Waals surface area contributed by atoms with Crippen molar-refractivity contribution in [3.8, 4) is 6.07 Å². The third-order valence-electron chi connectivity index (χ3n) is 2.96. The lowest BCUT2D eigenvalue weighted by Crippen LogP contribution is -2.28. The van der Waals surface area contributed by atoms with Gasteiger partial charge in [0.2, 0.25) is 0 Å². The zero-order chi connectivity index (χ0) is 13.1. The Labute approximate surface area is 110 Å². The molecule has 0 aromatic heterocycles. The van der Waals surface area contributed by atoms with Crippen LogP contribution >= 0.6 is 11.6 Å². The number of halogens is 1. The van der Waals surface area contributed by atoms with Gasteiger partial charge in [-0.2, -0.15) is 5.26 Å². The Morgan fingerprint density at radius 3 is 2.83 bits per heavy atom. The molecule has 0 heterocycles. The van der Waals surface area contributed by atoms with Crippen LogP contribution in [0, 0.1) is 11.3 Å². The molecule has 0 saturated heterocycles. The molecule has 4 nitrogen and oxygen atoms in total. The molecular weight excluding hydrogens is 252 g/mol. The average Bonchev–Trinajstić information content (AvgIpc) is 3.15. The Hall–Kier alpha value is -1.73. The fourth-order valence-electron chi connectivity index (χ4n) is 2.01.